The molecule has 0 saturated heterocycles. The van der Waals surface area contributed by atoms with Crippen molar-refractivity contribution in [3.63, 3.8) is 0 Å². The second kappa shape index (κ2) is 7.08. The average molecular weight is 294 g/mol. The molecule has 0 unspecified atom stereocenters. The van der Waals surface area contributed by atoms with Crippen molar-refractivity contribution in [3.05, 3.63) is 83.9 Å². The maximum Gasteiger partial charge on any atom is 0.333 e. The maximum atomic E-state index is 12.0. The highest BCUT2D eigenvalue weighted by Gasteiger charge is 2.30. The van der Waals surface area contributed by atoms with Gasteiger partial charge in [0.2, 0.25) is 0 Å². The van der Waals surface area contributed by atoms with Crippen LogP contribution in [0.4, 0.5) is 0 Å². The molecule has 0 heterocycles. The summed E-state index contributed by atoms with van der Waals surface area (Å²) in [7, 11) is 0. The van der Waals surface area contributed by atoms with Crippen LogP contribution in [-0.4, -0.2) is 11.6 Å². The van der Waals surface area contributed by atoms with E-state index < -0.39 is 5.60 Å². The molecule has 0 aliphatic heterocycles. The summed E-state index contributed by atoms with van der Waals surface area (Å²) >= 11 is 0. The molecule has 0 atom stereocenters. The molecular weight excluding hydrogens is 272 g/mol. The summed E-state index contributed by atoms with van der Waals surface area (Å²) in [6.45, 7) is 7.33. The highest BCUT2D eigenvalue weighted by molar-refractivity contribution is 5.87. The summed E-state index contributed by atoms with van der Waals surface area (Å²) < 4.78 is 5.77. The lowest BCUT2D eigenvalue weighted by atomic mass is 9.89. The van der Waals surface area contributed by atoms with Crippen molar-refractivity contribution < 1.29 is 9.53 Å². The third kappa shape index (κ3) is 4.59. The van der Waals surface area contributed by atoms with Crippen LogP contribution in [0.2, 0.25) is 0 Å². The van der Waals surface area contributed by atoms with Crippen LogP contribution in [0.1, 0.15) is 25.0 Å². The second-order valence-electron chi connectivity index (χ2n) is 5.94. The van der Waals surface area contributed by atoms with Crippen LogP contribution in [0.15, 0.2) is 72.8 Å². The number of carbonyl (C=O) groups excluding carboxylic acids is 1. The first-order valence-electron chi connectivity index (χ1n) is 7.45. The number of carbonyl (C=O) groups is 1. The number of rotatable bonds is 6. The van der Waals surface area contributed by atoms with Gasteiger partial charge in [-0.1, -0.05) is 67.2 Å². The van der Waals surface area contributed by atoms with Crippen LogP contribution < -0.4 is 0 Å². The Morgan fingerprint density at radius 3 is 1.73 bits per heavy atom. The van der Waals surface area contributed by atoms with E-state index in [1.165, 1.54) is 0 Å². The van der Waals surface area contributed by atoms with E-state index >= 15 is 0 Å². The maximum absolute atomic E-state index is 12.0. The molecule has 0 aromatic heterocycles. The van der Waals surface area contributed by atoms with E-state index in [9.17, 15) is 4.79 Å². The fourth-order valence-corrected chi connectivity index (χ4v) is 2.50. The van der Waals surface area contributed by atoms with E-state index in [2.05, 4.69) is 30.8 Å². The van der Waals surface area contributed by atoms with Gasteiger partial charge in [-0.15, -0.1) is 0 Å². The highest BCUT2D eigenvalue weighted by Crippen LogP contribution is 2.24. The van der Waals surface area contributed by atoms with Crippen LogP contribution in [0.25, 0.3) is 0 Å². The molecule has 0 amide bonds. The topological polar surface area (TPSA) is 26.3 Å². The van der Waals surface area contributed by atoms with Gasteiger partial charge >= 0.3 is 5.97 Å². The largest absolute Gasteiger partial charge is 0.455 e. The SMILES string of the molecule is C=C(C)C(=O)OC(C)(Cc1ccccc1)Cc1ccccc1. The Balaban J connectivity index is 2.23. The summed E-state index contributed by atoms with van der Waals surface area (Å²) in [4.78, 5) is 12.0. The first-order chi connectivity index (χ1) is 10.5. The molecule has 2 nitrogen and oxygen atoms in total. The van der Waals surface area contributed by atoms with Gasteiger partial charge in [0, 0.05) is 18.4 Å². The van der Waals surface area contributed by atoms with Gasteiger partial charge in [0.05, 0.1) is 0 Å². The van der Waals surface area contributed by atoms with E-state index in [0.29, 0.717) is 18.4 Å². The molecule has 0 spiro atoms. The van der Waals surface area contributed by atoms with Crippen molar-refractivity contribution in [2.75, 3.05) is 0 Å². The van der Waals surface area contributed by atoms with E-state index in [-0.39, 0.29) is 5.97 Å². The van der Waals surface area contributed by atoms with Crippen LogP contribution in [0.3, 0.4) is 0 Å². The van der Waals surface area contributed by atoms with Crippen molar-refractivity contribution in [2.45, 2.75) is 32.3 Å². The van der Waals surface area contributed by atoms with Gasteiger partial charge in [-0.3, -0.25) is 0 Å². The zero-order chi connectivity index (χ0) is 16.0. The molecule has 2 aromatic carbocycles. The van der Waals surface area contributed by atoms with E-state index in [1.54, 1.807) is 6.92 Å². The Morgan fingerprint density at radius 1 is 0.955 bits per heavy atom. The van der Waals surface area contributed by atoms with Crippen LogP contribution in [-0.2, 0) is 22.4 Å². The van der Waals surface area contributed by atoms with Gasteiger partial charge in [-0.05, 0) is 25.0 Å². The summed E-state index contributed by atoms with van der Waals surface area (Å²) in [5.74, 6) is -0.339. The lowest BCUT2D eigenvalue weighted by Gasteiger charge is -2.30. The molecule has 114 valence electrons. The normalized spacial score (nSPS) is 11.0. The molecule has 0 radical (unpaired) electrons. The van der Waals surface area contributed by atoms with Crippen molar-refractivity contribution in [1.29, 1.82) is 0 Å². The zero-order valence-corrected chi connectivity index (χ0v) is 13.2. The standard InChI is InChI=1S/C20H22O2/c1-16(2)19(21)22-20(3,14-17-10-6-4-7-11-17)15-18-12-8-5-9-13-18/h4-13H,1,14-15H2,2-3H3. The Kier molecular flexibility index (Phi) is 5.16. The smallest absolute Gasteiger partial charge is 0.333 e. The van der Waals surface area contributed by atoms with Crippen molar-refractivity contribution in [3.8, 4) is 0 Å². The summed E-state index contributed by atoms with van der Waals surface area (Å²) in [5, 5.41) is 0. The zero-order valence-electron chi connectivity index (χ0n) is 13.2. The molecule has 0 saturated carbocycles. The van der Waals surface area contributed by atoms with Crippen molar-refractivity contribution in [1.82, 2.24) is 0 Å². The van der Waals surface area contributed by atoms with Crippen LogP contribution >= 0.6 is 0 Å². The fourth-order valence-electron chi connectivity index (χ4n) is 2.50. The quantitative estimate of drug-likeness (QED) is 0.585. The molecule has 0 aliphatic carbocycles. The van der Waals surface area contributed by atoms with Gasteiger partial charge in [-0.25, -0.2) is 4.79 Å². The summed E-state index contributed by atoms with van der Waals surface area (Å²) in [6, 6.07) is 20.2. The Labute approximate surface area is 132 Å². The minimum absolute atomic E-state index is 0.339. The number of ether oxygens (including phenoxy) is 1. The third-order valence-electron chi connectivity index (χ3n) is 3.53. The summed E-state index contributed by atoms with van der Waals surface area (Å²) in [5.41, 5.74) is 2.12. The molecule has 2 aromatic rings. The van der Waals surface area contributed by atoms with Crippen LogP contribution in [0.5, 0.6) is 0 Å². The Bertz CT molecular complexity index is 588. The molecule has 22 heavy (non-hydrogen) atoms. The Hall–Kier alpha value is -2.35. The molecule has 0 aliphatic rings. The molecule has 0 bridgehead atoms. The van der Waals surface area contributed by atoms with Crippen LogP contribution in [0, 0.1) is 0 Å². The van der Waals surface area contributed by atoms with E-state index in [4.69, 9.17) is 4.74 Å². The first kappa shape index (κ1) is 16.0. The second-order valence-corrected chi connectivity index (χ2v) is 5.94. The summed E-state index contributed by atoms with van der Waals surface area (Å²) in [6.07, 6.45) is 1.34. The van der Waals surface area contributed by atoms with Gasteiger partial charge in [0.25, 0.3) is 0 Å². The monoisotopic (exact) mass is 294 g/mol. The third-order valence-corrected chi connectivity index (χ3v) is 3.53. The highest BCUT2D eigenvalue weighted by atomic mass is 16.6. The van der Waals surface area contributed by atoms with E-state index in [0.717, 1.165) is 11.1 Å². The van der Waals surface area contributed by atoms with Gasteiger partial charge in [0.15, 0.2) is 0 Å². The predicted octanol–water partition coefficient (Wildman–Crippen LogP) is 4.35. The fraction of sp³-hybridized carbons (Fsp3) is 0.250. The van der Waals surface area contributed by atoms with Gasteiger partial charge < -0.3 is 4.74 Å². The molecule has 2 heteroatoms. The minimum atomic E-state index is -0.598. The number of esters is 1. The molecule has 2 rings (SSSR count). The average Bonchev–Trinajstić information content (AvgIpc) is 2.48. The first-order valence-corrected chi connectivity index (χ1v) is 7.45. The number of benzene rings is 2. The van der Waals surface area contributed by atoms with Crippen molar-refractivity contribution in [2.24, 2.45) is 0 Å². The van der Waals surface area contributed by atoms with Gasteiger partial charge in [-0.2, -0.15) is 0 Å². The lowest BCUT2D eigenvalue weighted by molar-refractivity contribution is -0.152. The Morgan fingerprint density at radius 2 is 1.36 bits per heavy atom. The predicted molar refractivity (Wildman–Crippen MR) is 89.6 cm³/mol. The lowest BCUT2D eigenvalue weighted by Crippen LogP contribution is -2.37. The molecule has 0 fully saturated rings. The van der Waals surface area contributed by atoms with Gasteiger partial charge in [0.1, 0.15) is 5.60 Å². The van der Waals surface area contributed by atoms with Crippen molar-refractivity contribution >= 4 is 5.97 Å². The molecule has 0 N–H and O–H groups in total. The number of hydrogen-bond acceptors (Lipinski definition) is 2. The minimum Gasteiger partial charge on any atom is -0.455 e. The molecular formula is C20H22O2. The van der Waals surface area contributed by atoms with E-state index in [1.807, 2.05) is 43.3 Å². The number of hydrogen-bond donors (Lipinski definition) is 0.